The van der Waals surface area contributed by atoms with Crippen molar-refractivity contribution in [1.29, 1.82) is 0 Å². The summed E-state index contributed by atoms with van der Waals surface area (Å²) in [4.78, 5) is 15.4. The van der Waals surface area contributed by atoms with E-state index in [1.165, 1.54) is 23.9 Å². The molecule has 1 saturated heterocycles. The molecular formula is C20H22ClFN2O2S. The van der Waals surface area contributed by atoms with E-state index >= 15 is 0 Å². The summed E-state index contributed by atoms with van der Waals surface area (Å²) in [5, 5.41) is 3.62. The first-order valence-electron chi connectivity index (χ1n) is 8.85. The monoisotopic (exact) mass is 408 g/mol. The summed E-state index contributed by atoms with van der Waals surface area (Å²) in [7, 11) is 0. The number of ether oxygens (including phenoxy) is 1. The lowest BCUT2D eigenvalue weighted by Crippen LogP contribution is -2.44. The molecule has 1 aliphatic rings. The zero-order chi connectivity index (χ0) is 19.1. The third-order valence-corrected chi connectivity index (χ3v) is 5.92. The number of benzene rings is 2. The average Bonchev–Trinajstić information content (AvgIpc) is 2.68. The molecule has 2 aromatic carbocycles. The highest BCUT2D eigenvalue weighted by molar-refractivity contribution is 8.00. The molecule has 0 radical (unpaired) electrons. The van der Waals surface area contributed by atoms with Crippen LogP contribution in [0.25, 0.3) is 0 Å². The summed E-state index contributed by atoms with van der Waals surface area (Å²) in [6, 6.07) is 13.9. The van der Waals surface area contributed by atoms with E-state index < -0.39 is 0 Å². The van der Waals surface area contributed by atoms with Crippen LogP contribution in [-0.4, -0.2) is 49.4 Å². The number of rotatable bonds is 7. The van der Waals surface area contributed by atoms with E-state index in [1.54, 1.807) is 12.1 Å². The molecule has 7 heteroatoms. The van der Waals surface area contributed by atoms with Gasteiger partial charge in [-0.05, 0) is 29.8 Å². The van der Waals surface area contributed by atoms with Crippen molar-refractivity contribution in [2.45, 2.75) is 10.9 Å². The number of carbonyl (C=O) groups excluding carboxylic acids is 1. The number of hydrogen-bond acceptors (Lipinski definition) is 4. The lowest BCUT2D eigenvalue weighted by molar-refractivity contribution is -0.118. The molecule has 0 aromatic heterocycles. The van der Waals surface area contributed by atoms with Gasteiger partial charge in [-0.3, -0.25) is 9.69 Å². The molecule has 2 aromatic rings. The Morgan fingerprint density at radius 3 is 2.74 bits per heavy atom. The summed E-state index contributed by atoms with van der Waals surface area (Å²) in [5.74, 6) is -0.0659. The second kappa shape index (κ2) is 10.1. The molecule has 0 saturated carbocycles. The van der Waals surface area contributed by atoms with E-state index in [2.05, 4.69) is 10.2 Å². The van der Waals surface area contributed by atoms with Crippen LogP contribution < -0.4 is 5.32 Å². The normalized spacial score (nSPS) is 16.1. The summed E-state index contributed by atoms with van der Waals surface area (Å²) < 4.78 is 19.1. The average molecular weight is 409 g/mol. The van der Waals surface area contributed by atoms with Gasteiger partial charge in [-0.1, -0.05) is 35.9 Å². The Kier molecular flexibility index (Phi) is 7.52. The van der Waals surface area contributed by atoms with Gasteiger partial charge >= 0.3 is 0 Å². The zero-order valence-corrected chi connectivity index (χ0v) is 16.4. The van der Waals surface area contributed by atoms with Crippen molar-refractivity contribution in [3.8, 4) is 0 Å². The van der Waals surface area contributed by atoms with Crippen molar-refractivity contribution >= 4 is 29.3 Å². The first kappa shape index (κ1) is 20.1. The summed E-state index contributed by atoms with van der Waals surface area (Å²) >= 11 is 7.53. The smallest absolute Gasteiger partial charge is 0.230 e. The predicted octanol–water partition coefficient (Wildman–Crippen LogP) is 3.76. The molecule has 1 atom stereocenters. The topological polar surface area (TPSA) is 41.6 Å². The van der Waals surface area contributed by atoms with E-state index in [9.17, 15) is 9.18 Å². The minimum absolute atomic E-state index is 0.0745. The number of thioether (sulfide) groups is 1. The lowest BCUT2D eigenvalue weighted by atomic mass is 10.0. The van der Waals surface area contributed by atoms with Gasteiger partial charge in [0.1, 0.15) is 5.82 Å². The van der Waals surface area contributed by atoms with Gasteiger partial charge in [0.25, 0.3) is 0 Å². The number of morpholine rings is 1. The number of hydrogen-bond donors (Lipinski definition) is 1. The van der Waals surface area contributed by atoms with Crippen LogP contribution in [0.3, 0.4) is 0 Å². The maximum Gasteiger partial charge on any atom is 0.230 e. The highest BCUT2D eigenvalue weighted by Crippen LogP contribution is 2.26. The summed E-state index contributed by atoms with van der Waals surface area (Å²) in [6.07, 6.45) is 0. The first-order chi connectivity index (χ1) is 13.1. The van der Waals surface area contributed by atoms with E-state index in [-0.39, 0.29) is 23.5 Å². The van der Waals surface area contributed by atoms with Crippen LogP contribution in [0.1, 0.15) is 11.6 Å². The Morgan fingerprint density at radius 1 is 1.22 bits per heavy atom. The molecule has 1 unspecified atom stereocenters. The molecule has 0 bridgehead atoms. The van der Waals surface area contributed by atoms with Crippen molar-refractivity contribution in [2.24, 2.45) is 0 Å². The lowest BCUT2D eigenvalue weighted by Gasteiger charge is -2.35. The van der Waals surface area contributed by atoms with Gasteiger partial charge < -0.3 is 10.1 Å². The SMILES string of the molecule is O=C(CSc1ccccc1Cl)NCC(c1cccc(F)c1)N1CCOCC1. The molecule has 3 rings (SSSR count). The van der Waals surface area contributed by atoms with Crippen LogP contribution in [0, 0.1) is 5.82 Å². The van der Waals surface area contributed by atoms with E-state index in [0.29, 0.717) is 24.8 Å². The fraction of sp³-hybridized carbons (Fsp3) is 0.350. The largest absolute Gasteiger partial charge is 0.379 e. The highest BCUT2D eigenvalue weighted by atomic mass is 35.5. The van der Waals surface area contributed by atoms with Crippen LogP contribution in [0.5, 0.6) is 0 Å². The molecule has 4 nitrogen and oxygen atoms in total. The Hall–Kier alpha value is -1.60. The van der Waals surface area contributed by atoms with Gasteiger partial charge in [-0.25, -0.2) is 4.39 Å². The Morgan fingerprint density at radius 2 is 2.00 bits per heavy atom. The first-order valence-corrected chi connectivity index (χ1v) is 10.2. The van der Waals surface area contributed by atoms with Crippen molar-refractivity contribution in [1.82, 2.24) is 10.2 Å². The van der Waals surface area contributed by atoms with Crippen molar-refractivity contribution < 1.29 is 13.9 Å². The molecular weight excluding hydrogens is 387 g/mol. The van der Waals surface area contributed by atoms with Gasteiger partial charge in [0, 0.05) is 24.5 Å². The molecule has 0 aliphatic carbocycles. The molecule has 1 amide bonds. The van der Waals surface area contributed by atoms with E-state index in [4.69, 9.17) is 16.3 Å². The Balaban J connectivity index is 1.60. The van der Waals surface area contributed by atoms with Gasteiger partial charge in [0.15, 0.2) is 0 Å². The highest BCUT2D eigenvalue weighted by Gasteiger charge is 2.23. The van der Waals surface area contributed by atoms with Gasteiger partial charge in [0.2, 0.25) is 5.91 Å². The maximum absolute atomic E-state index is 13.7. The third-order valence-electron chi connectivity index (χ3n) is 4.41. The van der Waals surface area contributed by atoms with Gasteiger partial charge in [-0.15, -0.1) is 11.8 Å². The quantitative estimate of drug-likeness (QED) is 0.708. The predicted molar refractivity (Wildman–Crippen MR) is 107 cm³/mol. The minimum atomic E-state index is -0.272. The summed E-state index contributed by atoms with van der Waals surface area (Å²) in [6.45, 7) is 3.21. The fourth-order valence-corrected chi connectivity index (χ4v) is 4.10. The van der Waals surface area contributed by atoms with Crippen molar-refractivity contribution in [2.75, 3.05) is 38.6 Å². The zero-order valence-electron chi connectivity index (χ0n) is 14.9. The number of amides is 1. The van der Waals surface area contributed by atoms with E-state index in [1.807, 2.05) is 24.3 Å². The molecule has 27 heavy (non-hydrogen) atoms. The number of halogens is 2. The van der Waals surface area contributed by atoms with Gasteiger partial charge in [0.05, 0.1) is 30.0 Å². The second-order valence-corrected chi connectivity index (χ2v) is 7.67. The van der Waals surface area contributed by atoms with Crippen molar-refractivity contribution in [3.05, 3.63) is 64.9 Å². The Labute approximate surface area is 168 Å². The van der Waals surface area contributed by atoms with Crippen LogP contribution in [0.2, 0.25) is 5.02 Å². The Bertz CT molecular complexity index is 771. The van der Waals surface area contributed by atoms with Crippen LogP contribution in [0.4, 0.5) is 4.39 Å². The minimum Gasteiger partial charge on any atom is -0.379 e. The second-order valence-electron chi connectivity index (χ2n) is 6.24. The molecule has 144 valence electrons. The standard InChI is InChI=1S/C20H22ClFN2O2S/c21-17-6-1-2-7-19(17)27-14-20(25)23-13-18(24-8-10-26-11-9-24)15-4-3-5-16(22)12-15/h1-7,12,18H,8-11,13-14H2,(H,23,25). The number of nitrogens with zero attached hydrogens (tertiary/aromatic N) is 1. The molecule has 1 N–H and O–H groups in total. The molecule has 1 fully saturated rings. The molecule has 1 aliphatic heterocycles. The van der Waals surface area contributed by atoms with E-state index in [0.717, 1.165) is 23.5 Å². The fourth-order valence-electron chi connectivity index (χ4n) is 3.03. The number of carbonyl (C=O) groups is 1. The van der Waals surface area contributed by atoms with Gasteiger partial charge in [-0.2, -0.15) is 0 Å². The number of nitrogens with one attached hydrogen (secondary N) is 1. The molecule has 1 heterocycles. The third kappa shape index (κ3) is 5.94. The summed E-state index contributed by atoms with van der Waals surface area (Å²) in [5.41, 5.74) is 0.857. The van der Waals surface area contributed by atoms with Crippen LogP contribution in [0.15, 0.2) is 53.4 Å². The van der Waals surface area contributed by atoms with Crippen LogP contribution >= 0.6 is 23.4 Å². The van der Waals surface area contributed by atoms with Crippen LogP contribution in [-0.2, 0) is 9.53 Å². The van der Waals surface area contributed by atoms with Crippen molar-refractivity contribution in [3.63, 3.8) is 0 Å². The maximum atomic E-state index is 13.7. The molecule has 0 spiro atoms.